The van der Waals surface area contributed by atoms with Crippen LogP contribution in [-0.4, -0.2) is 66.2 Å². The van der Waals surface area contributed by atoms with Gasteiger partial charge in [-0.1, -0.05) is 36.7 Å². The van der Waals surface area contributed by atoms with Crippen molar-refractivity contribution in [1.29, 1.82) is 0 Å². The van der Waals surface area contributed by atoms with Gasteiger partial charge in [-0.15, -0.1) is 0 Å². The van der Waals surface area contributed by atoms with E-state index in [1.165, 1.54) is 11.1 Å². The summed E-state index contributed by atoms with van der Waals surface area (Å²) < 4.78 is 46.5. The van der Waals surface area contributed by atoms with Crippen molar-refractivity contribution in [2.45, 2.75) is 57.0 Å². The minimum atomic E-state index is -3.83. The van der Waals surface area contributed by atoms with E-state index in [4.69, 9.17) is 25.8 Å². The van der Waals surface area contributed by atoms with Crippen molar-refractivity contribution in [1.82, 2.24) is 4.72 Å². The summed E-state index contributed by atoms with van der Waals surface area (Å²) in [5, 5.41) is 0.744. The van der Waals surface area contributed by atoms with E-state index in [9.17, 15) is 13.2 Å². The van der Waals surface area contributed by atoms with E-state index in [1.54, 1.807) is 19.2 Å². The highest BCUT2D eigenvalue weighted by Gasteiger charge is 2.44. The monoisotopic (exact) mass is 642 g/mol. The topological polar surface area (TPSA) is 94.2 Å². The van der Waals surface area contributed by atoms with Crippen molar-refractivity contribution in [2.75, 3.05) is 50.7 Å². The maximum Gasteiger partial charge on any atom is 0.264 e. The van der Waals surface area contributed by atoms with Crippen molar-refractivity contribution in [2.24, 2.45) is 17.8 Å². The Hall–Kier alpha value is -2.59. The van der Waals surface area contributed by atoms with E-state index < -0.39 is 15.9 Å². The zero-order chi connectivity index (χ0) is 30.9. The van der Waals surface area contributed by atoms with Crippen LogP contribution in [0.5, 0.6) is 5.75 Å². The third-order valence-corrected chi connectivity index (χ3v) is 11.6. The van der Waals surface area contributed by atoms with Gasteiger partial charge in [0.05, 0.1) is 37.4 Å². The Morgan fingerprint density at radius 3 is 2.82 bits per heavy atom. The molecule has 0 unspecified atom stereocenters. The molecule has 0 saturated heterocycles. The van der Waals surface area contributed by atoms with Gasteiger partial charge < -0.3 is 19.1 Å². The first-order valence-corrected chi connectivity index (χ1v) is 17.8. The SMILES string of the molecule is COCCO[C@H]1/C=C/C[C@H](C)CS(=O)(=O)NC(=O)c2ccc3c(c2)N(C[C@@H]2CC[C@H]21)C[C@@]1(CCCc2cc(Cl)ccc21)CO3. The molecule has 2 aromatic carbocycles. The Bertz CT molecular complexity index is 1510. The molecular formula is C34H43ClN2O6S. The second-order valence-electron chi connectivity index (χ2n) is 13.1. The Morgan fingerprint density at radius 2 is 2.02 bits per heavy atom. The average molecular weight is 643 g/mol. The normalized spacial score (nSPS) is 30.6. The van der Waals surface area contributed by atoms with Gasteiger partial charge in [0.15, 0.2) is 0 Å². The van der Waals surface area contributed by atoms with Gasteiger partial charge in [-0.3, -0.25) is 4.79 Å². The Morgan fingerprint density at radius 1 is 1.16 bits per heavy atom. The molecule has 1 fully saturated rings. The van der Waals surface area contributed by atoms with Crippen LogP contribution in [0.15, 0.2) is 48.6 Å². The summed E-state index contributed by atoms with van der Waals surface area (Å²) in [7, 11) is -2.16. The van der Waals surface area contributed by atoms with Gasteiger partial charge in [0.1, 0.15) is 5.75 Å². The summed E-state index contributed by atoms with van der Waals surface area (Å²) >= 11 is 6.42. The first-order chi connectivity index (χ1) is 21.2. The third kappa shape index (κ3) is 6.66. The molecule has 44 heavy (non-hydrogen) atoms. The molecule has 8 nitrogen and oxygen atoms in total. The smallest absolute Gasteiger partial charge is 0.264 e. The van der Waals surface area contributed by atoms with Crippen molar-refractivity contribution in [3.05, 3.63) is 70.3 Å². The number of halogens is 1. The van der Waals surface area contributed by atoms with E-state index in [2.05, 4.69) is 27.8 Å². The summed E-state index contributed by atoms with van der Waals surface area (Å²) in [6, 6.07) is 11.5. The first-order valence-electron chi connectivity index (χ1n) is 15.8. The van der Waals surface area contributed by atoms with E-state index >= 15 is 0 Å². The standard InChI is InChI=1S/C34H43ClN2O6S/c1-23-5-3-7-31(42-16-15-41-2)28-11-8-26(28)19-37-21-34(14-4-6-24-17-27(35)10-12-29(24)34)22-43-32-13-9-25(18-30(32)37)33(38)36-44(39,40)20-23/h3,7,9-10,12-13,17-18,23,26,28,31H,4-6,8,11,14-16,19-22H2,1-2H3,(H,36,38)/b7-3+/t23-,26-,28+,31-,34-/m0/s1. The number of hydrogen-bond donors (Lipinski definition) is 1. The summed E-state index contributed by atoms with van der Waals surface area (Å²) in [5.41, 5.74) is 3.43. The molecule has 1 spiro atoms. The molecule has 1 amide bonds. The fourth-order valence-corrected chi connectivity index (χ4v) is 9.07. The van der Waals surface area contributed by atoms with Gasteiger partial charge >= 0.3 is 0 Å². The lowest BCUT2D eigenvalue weighted by molar-refractivity contribution is -0.0309. The van der Waals surface area contributed by atoms with Gasteiger partial charge in [-0.05, 0) is 97.7 Å². The molecule has 2 aliphatic carbocycles. The quantitative estimate of drug-likeness (QED) is 0.346. The molecule has 0 aromatic heterocycles. The van der Waals surface area contributed by atoms with Crippen LogP contribution in [0.3, 0.4) is 0 Å². The van der Waals surface area contributed by atoms with Crippen LogP contribution in [-0.2, 0) is 31.3 Å². The predicted molar refractivity (Wildman–Crippen MR) is 172 cm³/mol. The number of carbonyl (C=O) groups is 1. The fraction of sp³-hybridized carbons (Fsp3) is 0.559. The van der Waals surface area contributed by atoms with Crippen LogP contribution in [0.1, 0.15) is 60.5 Å². The average Bonchev–Trinajstić information content (AvgIpc) is 3.11. The van der Waals surface area contributed by atoms with Gasteiger partial charge in [-0.2, -0.15) is 0 Å². The molecule has 2 bridgehead atoms. The highest BCUT2D eigenvalue weighted by atomic mass is 35.5. The van der Waals surface area contributed by atoms with E-state index in [1.807, 2.05) is 25.1 Å². The Labute approximate surface area is 266 Å². The molecule has 10 heteroatoms. The minimum absolute atomic E-state index is 0.0825. The highest BCUT2D eigenvalue weighted by Crippen LogP contribution is 2.47. The number of anilines is 1. The van der Waals surface area contributed by atoms with Gasteiger partial charge in [0.2, 0.25) is 10.0 Å². The number of ether oxygens (including phenoxy) is 3. The zero-order valence-corrected chi connectivity index (χ0v) is 27.2. The van der Waals surface area contributed by atoms with Crippen LogP contribution < -0.4 is 14.4 Å². The Balaban J connectivity index is 1.40. The second-order valence-corrected chi connectivity index (χ2v) is 15.3. The van der Waals surface area contributed by atoms with Gasteiger partial charge in [0.25, 0.3) is 5.91 Å². The molecule has 1 saturated carbocycles. The number of sulfonamides is 1. The number of amides is 1. The third-order valence-electron chi connectivity index (χ3n) is 9.87. The molecule has 4 aliphatic rings. The number of fused-ring (bicyclic) bond motifs is 4. The molecular weight excluding hydrogens is 600 g/mol. The van der Waals surface area contributed by atoms with E-state index in [0.29, 0.717) is 49.4 Å². The van der Waals surface area contributed by atoms with E-state index in [0.717, 1.165) is 55.9 Å². The maximum absolute atomic E-state index is 13.3. The van der Waals surface area contributed by atoms with Crippen molar-refractivity contribution in [3.63, 3.8) is 0 Å². The molecule has 2 aromatic rings. The number of nitrogens with one attached hydrogen (secondary N) is 1. The highest BCUT2D eigenvalue weighted by molar-refractivity contribution is 7.90. The van der Waals surface area contributed by atoms with Crippen molar-refractivity contribution < 1.29 is 27.4 Å². The lowest BCUT2D eigenvalue weighted by atomic mass is 9.68. The van der Waals surface area contributed by atoms with Crippen molar-refractivity contribution >= 4 is 33.2 Å². The first kappa shape index (κ1) is 31.4. The number of carbonyl (C=O) groups excluding carboxylic acids is 1. The molecule has 0 radical (unpaired) electrons. The number of benzene rings is 2. The summed E-state index contributed by atoms with van der Waals surface area (Å²) in [5.74, 6) is 0.486. The number of aryl methyl sites for hydroxylation is 1. The molecule has 1 N–H and O–H groups in total. The lowest BCUT2D eigenvalue weighted by Crippen LogP contribution is -2.49. The summed E-state index contributed by atoms with van der Waals surface area (Å²) in [6.07, 6.45) is 9.80. The lowest BCUT2D eigenvalue weighted by Gasteiger charge is -2.46. The molecule has 5 atom stereocenters. The number of allylic oxidation sites excluding steroid dienone is 1. The zero-order valence-electron chi connectivity index (χ0n) is 25.6. The van der Waals surface area contributed by atoms with Gasteiger partial charge in [-0.25, -0.2) is 13.1 Å². The Kier molecular flexibility index (Phi) is 9.30. The molecule has 2 heterocycles. The van der Waals surface area contributed by atoms with Crippen LogP contribution in [0.4, 0.5) is 5.69 Å². The molecule has 2 aliphatic heterocycles. The van der Waals surface area contributed by atoms with Crippen LogP contribution in [0, 0.1) is 17.8 Å². The number of methoxy groups -OCH3 is 1. The van der Waals surface area contributed by atoms with Gasteiger partial charge in [0, 0.05) is 36.2 Å². The predicted octanol–water partition coefficient (Wildman–Crippen LogP) is 5.53. The minimum Gasteiger partial charge on any atom is -0.490 e. The van der Waals surface area contributed by atoms with Crippen LogP contribution in [0.2, 0.25) is 5.02 Å². The van der Waals surface area contributed by atoms with Crippen LogP contribution in [0.25, 0.3) is 0 Å². The summed E-state index contributed by atoms with van der Waals surface area (Å²) in [6.45, 7) is 4.92. The number of hydrogen-bond acceptors (Lipinski definition) is 7. The molecule has 6 rings (SSSR count). The second kappa shape index (κ2) is 13.0. The number of nitrogens with zero attached hydrogens (tertiary/aromatic N) is 1. The summed E-state index contributed by atoms with van der Waals surface area (Å²) in [4.78, 5) is 15.7. The van der Waals surface area contributed by atoms with Crippen molar-refractivity contribution in [3.8, 4) is 5.75 Å². The fourth-order valence-electron chi connectivity index (χ4n) is 7.51. The van der Waals surface area contributed by atoms with E-state index in [-0.39, 0.29) is 23.2 Å². The largest absolute Gasteiger partial charge is 0.490 e. The van der Waals surface area contributed by atoms with Crippen LogP contribution >= 0.6 is 11.6 Å². The maximum atomic E-state index is 13.3. The molecule has 238 valence electrons. The number of rotatable bonds is 4.